The van der Waals surface area contributed by atoms with Crippen molar-refractivity contribution in [1.29, 1.82) is 0 Å². The highest BCUT2D eigenvalue weighted by Crippen LogP contribution is 2.27. The van der Waals surface area contributed by atoms with Crippen molar-refractivity contribution in [1.82, 2.24) is 9.79 Å². The SMILES string of the molecule is [2H]C([2H])([2H])C1=CN(C)B(c2cc(C)cc[n+]2C)c2oc3ncccc3c21. The van der Waals surface area contributed by atoms with E-state index >= 15 is 0 Å². The van der Waals surface area contributed by atoms with Gasteiger partial charge >= 0.3 is 6.85 Å². The lowest BCUT2D eigenvalue weighted by Crippen LogP contribution is -2.65. The van der Waals surface area contributed by atoms with Crippen LogP contribution in [0.4, 0.5) is 0 Å². The minimum Gasteiger partial charge on any atom is -0.449 e. The van der Waals surface area contributed by atoms with Gasteiger partial charge in [0, 0.05) is 33.4 Å². The molecule has 4 heterocycles. The fraction of sp³-hybridized carbons (Fsp3) is 0.222. The summed E-state index contributed by atoms with van der Waals surface area (Å²) in [7, 11) is 3.86. The van der Waals surface area contributed by atoms with Crippen LogP contribution in [-0.4, -0.2) is 23.7 Å². The van der Waals surface area contributed by atoms with Gasteiger partial charge in [-0.1, -0.05) is 0 Å². The molecule has 0 atom stereocenters. The molecule has 114 valence electrons. The topological polar surface area (TPSA) is 33.2 Å². The third-order valence-electron chi connectivity index (χ3n) is 4.38. The van der Waals surface area contributed by atoms with Crippen LogP contribution in [0.1, 0.15) is 22.1 Å². The molecule has 0 bridgehead atoms. The zero-order chi connectivity index (χ0) is 18.6. The number of hydrogen-bond acceptors (Lipinski definition) is 3. The summed E-state index contributed by atoms with van der Waals surface area (Å²) in [5, 5.41) is 0.735. The van der Waals surface area contributed by atoms with Crippen molar-refractivity contribution < 1.29 is 13.1 Å². The average molecular weight is 307 g/mol. The number of hydrogen-bond donors (Lipinski definition) is 0. The van der Waals surface area contributed by atoms with Gasteiger partial charge < -0.3 is 9.23 Å². The summed E-state index contributed by atoms with van der Waals surface area (Å²) in [4.78, 5) is 6.20. The van der Waals surface area contributed by atoms with Crippen LogP contribution in [0.25, 0.3) is 16.7 Å². The number of fused-ring (bicyclic) bond motifs is 3. The van der Waals surface area contributed by atoms with Gasteiger partial charge in [-0.3, -0.25) is 0 Å². The van der Waals surface area contributed by atoms with Gasteiger partial charge in [0.15, 0.2) is 11.8 Å². The van der Waals surface area contributed by atoms with Crippen LogP contribution in [-0.2, 0) is 7.05 Å². The van der Waals surface area contributed by atoms with E-state index in [1.807, 2.05) is 48.7 Å². The molecular weight excluding hydrogens is 285 g/mol. The predicted molar refractivity (Wildman–Crippen MR) is 92.8 cm³/mol. The molecule has 0 saturated heterocycles. The molecule has 3 aromatic rings. The summed E-state index contributed by atoms with van der Waals surface area (Å²) < 4.78 is 32.1. The van der Waals surface area contributed by atoms with Crippen molar-refractivity contribution in [2.24, 2.45) is 7.05 Å². The van der Waals surface area contributed by atoms with E-state index in [0.717, 1.165) is 16.5 Å². The molecule has 5 heteroatoms. The first kappa shape index (κ1) is 11.1. The standard InChI is InChI=1S/C18H19BN3O/c1-12-7-9-21(3)15(10-12)19-17-16(13(2)11-22(19)4)14-6-5-8-20-18(14)23-17/h5-11H,1-4H3/q+1/i2D3. The number of rotatable bonds is 1. The zero-order valence-corrected chi connectivity index (χ0v) is 13.4. The molecule has 0 aromatic carbocycles. The maximum atomic E-state index is 7.98. The summed E-state index contributed by atoms with van der Waals surface area (Å²) in [6.07, 6.45) is 5.37. The van der Waals surface area contributed by atoms with E-state index in [9.17, 15) is 0 Å². The van der Waals surface area contributed by atoms with Crippen LogP contribution < -0.4 is 15.8 Å². The molecule has 0 fully saturated rings. The number of nitrogens with zero attached hydrogens (tertiary/aromatic N) is 3. The van der Waals surface area contributed by atoms with E-state index in [2.05, 4.69) is 11.1 Å². The Hall–Kier alpha value is -2.56. The van der Waals surface area contributed by atoms with Gasteiger partial charge in [0.2, 0.25) is 5.71 Å². The summed E-state index contributed by atoms with van der Waals surface area (Å²) in [5.74, 6) is 0. The maximum absolute atomic E-state index is 7.98. The molecule has 4 rings (SSSR count). The first-order valence-corrected chi connectivity index (χ1v) is 7.55. The monoisotopic (exact) mass is 307 g/mol. The van der Waals surface area contributed by atoms with E-state index < -0.39 is 6.85 Å². The van der Waals surface area contributed by atoms with Crippen molar-refractivity contribution in [2.45, 2.75) is 13.8 Å². The van der Waals surface area contributed by atoms with E-state index in [1.165, 1.54) is 0 Å². The van der Waals surface area contributed by atoms with Crippen LogP contribution in [0.15, 0.2) is 47.3 Å². The van der Waals surface area contributed by atoms with Gasteiger partial charge in [0.25, 0.3) is 0 Å². The second kappa shape index (κ2) is 4.98. The van der Waals surface area contributed by atoms with Gasteiger partial charge in [-0.05, 0) is 50.3 Å². The Bertz CT molecular complexity index is 1040. The van der Waals surface area contributed by atoms with Gasteiger partial charge in [0.1, 0.15) is 12.7 Å². The quantitative estimate of drug-likeness (QED) is 0.503. The first-order chi connectivity index (χ1) is 12.3. The average Bonchev–Trinajstić information content (AvgIpc) is 2.95. The Kier molecular flexibility index (Phi) is 2.39. The largest absolute Gasteiger partial charge is 0.449 e. The highest BCUT2D eigenvalue weighted by molar-refractivity contribution is 6.82. The van der Waals surface area contributed by atoms with Crippen LogP contribution in [0.3, 0.4) is 0 Å². The van der Waals surface area contributed by atoms with E-state index in [1.54, 1.807) is 18.5 Å². The number of aryl methyl sites for hydroxylation is 2. The normalized spacial score (nSPS) is 16.7. The lowest BCUT2D eigenvalue weighted by atomic mass is 9.52. The lowest BCUT2D eigenvalue weighted by Gasteiger charge is -2.26. The second-order valence-corrected chi connectivity index (χ2v) is 6.05. The van der Waals surface area contributed by atoms with Crippen LogP contribution in [0, 0.1) is 6.92 Å². The summed E-state index contributed by atoms with van der Waals surface area (Å²) >= 11 is 0. The van der Waals surface area contributed by atoms with E-state index in [0.29, 0.717) is 16.9 Å². The minimum absolute atomic E-state index is 0.227. The Morgan fingerprint density at radius 3 is 3.09 bits per heavy atom. The number of aromatic nitrogens is 2. The third kappa shape index (κ3) is 2.07. The fourth-order valence-electron chi connectivity index (χ4n) is 3.26. The number of allylic oxidation sites excluding steroid dienone is 1. The van der Waals surface area contributed by atoms with Crippen LogP contribution in [0.5, 0.6) is 0 Å². The predicted octanol–water partition coefficient (Wildman–Crippen LogP) is 1.37. The van der Waals surface area contributed by atoms with Gasteiger partial charge in [0.05, 0.1) is 0 Å². The minimum atomic E-state index is -2.24. The fourth-order valence-corrected chi connectivity index (χ4v) is 3.26. The van der Waals surface area contributed by atoms with E-state index in [4.69, 9.17) is 8.53 Å². The van der Waals surface area contributed by atoms with Crippen molar-refractivity contribution in [2.75, 3.05) is 7.05 Å². The Balaban J connectivity index is 2.04. The molecule has 0 amide bonds. The van der Waals surface area contributed by atoms with Crippen molar-refractivity contribution in [3.63, 3.8) is 0 Å². The Labute approximate surface area is 140 Å². The van der Waals surface area contributed by atoms with Crippen molar-refractivity contribution in [3.05, 3.63) is 54.0 Å². The van der Waals surface area contributed by atoms with Gasteiger partial charge in [-0.25, -0.2) is 9.55 Å². The van der Waals surface area contributed by atoms with Gasteiger partial charge in [-0.15, -0.1) is 0 Å². The molecule has 0 radical (unpaired) electrons. The van der Waals surface area contributed by atoms with Crippen molar-refractivity contribution >= 4 is 34.8 Å². The number of furan rings is 1. The molecule has 0 aliphatic carbocycles. The smallest absolute Gasteiger partial charge is 0.443 e. The first-order valence-electron chi connectivity index (χ1n) is 9.05. The third-order valence-corrected chi connectivity index (χ3v) is 4.38. The maximum Gasteiger partial charge on any atom is 0.443 e. The Morgan fingerprint density at radius 1 is 1.39 bits per heavy atom. The van der Waals surface area contributed by atoms with Gasteiger partial charge in [-0.2, -0.15) is 0 Å². The molecular formula is C18H19BN3O+. The molecule has 1 aliphatic rings. The summed E-state index contributed by atoms with van der Waals surface area (Å²) in [5.41, 5.74) is 4.16. The molecule has 0 saturated carbocycles. The highest BCUT2D eigenvalue weighted by atomic mass is 16.3. The number of pyridine rings is 2. The van der Waals surface area contributed by atoms with Crippen molar-refractivity contribution in [3.8, 4) is 0 Å². The molecule has 3 aromatic heterocycles. The molecule has 23 heavy (non-hydrogen) atoms. The molecule has 0 spiro atoms. The summed E-state index contributed by atoms with van der Waals surface area (Å²) in [6, 6.07) is 7.80. The molecule has 1 aliphatic heterocycles. The molecule has 0 N–H and O–H groups in total. The van der Waals surface area contributed by atoms with Crippen LogP contribution >= 0.6 is 0 Å². The Morgan fingerprint density at radius 2 is 2.26 bits per heavy atom. The summed E-state index contributed by atoms with van der Waals surface area (Å²) in [6.45, 7) is -0.429. The second-order valence-electron chi connectivity index (χ2n) is 6.05. The van der Waals surface area contributed by atoms with Crippen LogP contribution in [0.2, 0.25) is 0 Å². The molecule has 0 unspecified atom stereocenters. The highest BCUT2D eigenvalue weighted by Gasteiger charge is 2.41. The molecule has 4 nitrogen and oxygen atoms in total. The van der Waals surface area contributed by atoms with E-state index in [-0.39, 0.29) is 12.4 Å². The zero-order valence-electron chi connectivity index (χ0n) is 16.4. The lowest BCUT2D eigenvalue weighted by molar-refractivity contribution is -0.654.